The third-order valence-electron chi connectivity index (χ3n) is 10.1. The smallest absolute Gasteiger partial charge is 0.401 e. The van der Waals surface area contributed by atoms with Gasteiger partial charge in [-0.15, -0.1) is 0 Å². The second-order valence-electron chi connectivity index (χ2n) is 13.5. The van der Waals surface area contributed by atoms with Gasteiger partial charge in [-0.25, -0.2) is 4.39 Å². The number of rotatable bonds is 10. The van der Waals surface area contributed by atoms with Gasteiger partial charge in [0.05, 0.1) is 53.9 Å². The van der Waals surface area contributed by atoms with Crippen LogP contribution in [-0.4, -0.2) is 113 Å². The van der Waals surface area contributed by atoms with Crippen molar-refractivity contribution in [2.45, 2.75) is 62.9 Å². The Balaban J connectivity index is 1.12. The lowest BCUT2D eigenvalue weighted by atomic mass is 9.87. The number of H-pyrrole nitrogens is 1. The summed E-state index contributed by atoms with van der Waals surface area (Å²) >= 11 is 6.49. The van der Waals surface area contributed by atoms with Gasteiger partial charge in [-0.05, 0) is 55.9 Å². The number of fused-ring (bicyclic) bond motifs is 1. The Morgan fingerprint density at radius 3 is 2.46 bits per heavy atom. The summed E-state index contributed by atoms with van der Waals surface area (Å²) in [7, 11) is 0. The molecular formula is C35H40ClF4N5O5. The van der Waals surface area contributed by atoms with Crippen molar-refractivity contribution in [1.82, 2.24) is 19.7 Å². The number of anilines is 1. The maximum atomic E-state index is 15.5. The first kappa shape index (κ1) is 36.1. The molecule has 50 heavy (non-hydrogen) atoms. The number of para-hydroxylation sites is 1. The summed E-state index contributed by atoms with van der Waals surface area (Å²) < 4.78 is 60.5. The number of nitrogens with zero attached hydrogens (tertiary/aromatic N) is 3. The number of alkyl halides is 3. The number of hydrogen-bond donors (Lipinski definition) is 3. The van der Waals surface area contributed by atoms with Crippen LogP contribution in [0.2, 0.25) is 5.02 Å². The highest BCUT2D eigenvalue weighted by atomic mass is 35.5. The van der Waals surface area contributed by atoms with Gasteiger partial charge in [-0.2, -0.15) is 13.2 Å². The molecule has 3 N–H and O–H groups in total. The van der Waals surface area contributed by atoms with Crippen molar-refractivity contribution in [3.8, 4) is 0 Å². The number of nitrogens with one attached hydrogen (secondary N) is 2. The van der Waals surface area contributed by atoms with Crippen LogP contribution < -0.4 is 5.32 Å². The number of carbonyl (C=O) groups excluding carboxylic acids is 2. The molecule has 0 spiro atoms. The molecule has 1 aromatic heterocycles. The largest absolute Gasteiger partial charge is 0.481 e. The minimum Gasteiger partial charge on any atom is -0.481 e. The van der Waals surface area contributed by atoms with Gasteiger partial charge in [-0.1, -0.05) is 29.8 Å². The molecule has 270 valence electrons. The van der Waals surface area contributed by atoms with E-state index in [1.165, 1.54) is 11.0 Å². The second-order valence-corrected chi connectivity index (χ2v) is 13.9. The van der Waals surface area contributed by atoms with E-state index < -0.39 is 36.3 Å². The highest BCUT2D eigenvalue weighted by molar-refractivity contribution is 6.34. The summed E-state index contributed by atoms with van der Waals surface area (Å²) in [6.45, 7) is 0.912. The van der Waals surface area contributed by atoms with Gasteiger partial charge >= 0.3 is 12.1 Å². The molecule has 3 aromatic rings. The molecule has 3 aliphatic rings. The van der Waals surface area contributed by atoms with Crippen LogP contribution >= 0.6 is 11.6 Å². The van der Waals surface area contributed by atoms with E-state index in [0.717, 1.165) is 11.6 Å². The number of halogens is 5. The fraction of sp³-hybridized carbons (Fsp3) is 0.514. The molecule has 2 atom stereocenters. The van der Waals surface area contributed by atoms with Crippen LogP contribution in [-0.2, 0) is 20.7 Å². The van der Waals surface area contributed by atoms with Crippen molar-refractivity contribution in [2.75, 3.05) is 51.2 Å². The van der Waals surface area contributed by atoms with Crippen LogP contribution in [0.25, 0.3) is 10.9 Å². The van der Waals surface area contributed by atoms with Crippen LogP contribution in [0.3, 0.4) is 0 Å². The van der Waals surface area contributed by atoms with Crippen molar-refractivity contribution in [1.29, 1.82) is 0 Å². The molecule has 3 heterocycles. The number of carbonyl (C=O) groups is 3. The maximum Gasteiger partial charge on any atom is 0.401 e. The highest BCUT2D eigenvalue weighted by Gasteiger charge is 2.41. The average Bonchev–Trinajstić information content (AvgIpc) is 3.71. The zero-order chi connectivity index (χ0) is 35.6. The summed E-state index contributed by atoms with van der Waals surface area (Å²) in [4.78, 5) is 46.4. The molecule has 15 heteroatoms. The first-order valence-corrected chi connectivity index (χ1v) is 17.2. The third kappa shape index (κ3) is 8.59. The Morgan fingerprint density at radius 2 is 1.76 bits per heavy atom. The molecule has 2 saturated heterocycles. The van der Waals surface area contributed by atoms with Gasteiger partial charge < -0.3 is 25.0 Å². The molecule has 10 nitrogen and oxygen atoms in total. The molecule has 2 aliphatic heterocycles. The Bertz CT molecular complexity index is 1700. The second kappa shape index (κ2) is 15.3. The molecule has 1 aliphatic carbocycles. The first-order chi connectivity index (χ1) is 23.8. The van der Waals surface area contributed by atoms with Gasteiger partial charge in [0, 0.05) is 55.9 Å². The number of ether oxygens (including phenoxy) is 1. The van der Waals surface area contributed by atoms with Crippen molar-refractivity contribution >= 4 is 46.0 Å². The molecule has 0 bridgehead atoms. The van der Waals surface area contributed by atoms with Gasteiger partial charge in [0.2, 0.25) is 5.91 Å². The van der Waals surface area contributed by atoms with Gasteiger partial charge in [0.15, 0.2) is 0 Å². The quantitative estimate of drug-likeness (QED) is 0.235. The normalized spacial score (nSPS) is 23.7. The number of aromatic nitrogens is 1. The van der Waals surface area contributed by atoms with Crippen molar-refractivity contribution in [2.24, 2.45) is 5.92 Å². The molecular weight excluding hydrogens is 682 g/mol. The van der Waals surface area contributed by atoms with Gasteiger partial charge in [0.1, 0.15) is 5.82 Å². The fourth-order valence-corrected chi connectivity index (χ4v) is 7.65. The zero-order valence-electron chi connectivity index (χ0n) is 27.4. The lowest BCUT2D eigenvalue weighted by Crippen LogP contribution is -2.52. The summed E-state index contributed by atoms with van der Waals surface area (Å²) in [5.74, 6) is -2.75. The van der Waals surface area contributed by atoms with Crippen LogP contribution in [0.15, 0.2) is 42.6 Å². The molecule has 0 radical (unpaired) electrons. The number of carboxylic acid groups (broad SMARTS) is 1. The number of aromatic amines is 1. The Labute approximate surface area is 291 Å². The minimum atomic E-state index is -4.27. The van der Waals surface area contributed by atoms with Crippen molar-refractivity contribution in [3.05, 3.63) is 64.6 Å². The lowest BCUT2D eigenvalue weighted by Gasteiger charge is -2.38. The van der Waals surface area contributed by atoms with Gasteiger partial charge in [0.25, 0.3) is 5.91 Å². The monoisotopic (exact) mass is 721 g/mol. The lowest BCUT2D eigenvalue weighted by molar-refractivity contribution is -0.150. The molecule has 2 amide bonds. The molecule has 6 rings (SSSR count). The van der Waals surface area contributed by atoms with E-state index in [-0.39, 0.29) is 66.5 Å². The average molecular weight is 722 g/mol. The first-order valence-electron chi connectivity index (χ1n) is 16.9. The summed E-state index contributed by atoms with van der Waals surface area (Å²) in [5, 5.41) is 12.7. The molecule has 3 fully saturated rings. The van der Waals surface area contributed by atoms with Crippen LogP contribution in [0.1, 0.15) is 48.0 Å². The van der Waals surface area contributed by atoms with E-state index in [4.69, 9.17) is 16.3 Å². The predicted octanol–water partition coefficient (Wildman–Crippen LogP) is 5.56. The van der Waals surface area contributed by atoms with Crippen LogP contribution in [0.4, 0.5) is 23.2 Å². The summed E-state index contributed by atoms with van der Waals surface area (Å²) in [6.07, 6.45) is -0.409. The fourth-order valence-electron chi connectivity index (χ4n) is 7.42. The predicted molar refractivity (Wildman–Crippen MR) is 179 cm³/mol. The number of hydrogen-bond acceptors (Lipinski definition) is 6. The number of piperazine rings is 1. The van der Waals surface area contributed by atoms with Crippen molar-refractivity contribution < 1.29 is 41.8 Å². The highest BCUT2D eigenvalue weighted by Crippen LogP contribution is 2.32. The third-order valence-corrected chi connectivity index (χ3v) is 10.5. The van der Waals surface area contributed by atoms with Gasteiger partial charge in [-0.3, -0.25) is 24.2 Å². The number of benzene rings is 2. The Kier molecular flexibility index (Phi) is 11.0. The molecule has 0 unspecified atom stereocenters. The minimum absolute atomic E-state index is 0.0565. The SMILES string of the molecule is O=C(Nc1cc(F)c(CC(=O)N2C[C@@H](N3CCN(CC(F)(F)F)CC3)C[C@H]2CO[C@H]2CC[C@H](C(=O)O)CC2)cc1Cl)c1c[nH]c2ccccc12. The van der Waals surface area contributed by atoms with Crippen LogP contribution in [0.5, 0.6) is 0 Å². The number of aliphatic carboxylic acids is 1. The van der Waals surface area contributed by atoms with E-state index in [1.807, 2.05) is 12.1 Å². The summed E-state index contributed by atoms with van der Waals surface area (Å²) in [6, 6.07) is 9.21. The summed E-state index contributed by atoms with van der Waals surface area (Å²) in [5.41, 5.74) is 1.25. The van der Waals surface area contributed by atoms with E-state index in [0.29, 0.717) is 62.7 Å². The Morgan fingerprint density at radius 1 is 1.04 bits per heavy atom. The molecule has 2 aromatic carbocycles. The standard InChI is InChI=1S/C35H40ClF4N5O5/c36-28-13-22(29(37)16-31(28)42-33(47)27-17-41-30-4-2-1-3-26(27)30)14-32(46)45-18-23(44-11-9-43(10-12-44)20-35(38,39)40)15-24(45)19-50-25-7-5-21(6-8-25)34(48)49/h1-4,13,16-17,21,23-25,41H,5-12,14-15,18-20H2,(H,42,47)(H,48,49)/t21-,23-,24-,25-/m0/s1. The van der Waals surface area contributed by atoms with E-state index in [2.05, 4.69) is 15.2 Å². The Hall–Kier alpha value is -3.72. The maximum absolute atomic E-state index is 15.5. The topological polar surface area (TPSA) is 118 Å². The number of likely N-dealkylation sites (tertiary alicyclic amines) is 1. The van der Waals surface area contributed by atoms with E-state index in [1.54, 1.807) is 23.2 Å². The van der Waals surface area contributed by atoms with E-state index >= 15 is 4.39 Å². The zero-order valence-corrected chi connectivity index (χ0v) is 28.1. The number of amides is 2. The van der Waals surface area contributed by atoms with Crippen LogP contribution in [0, 0.1) is 11.7 Å². The van der Waals surface area contributed by atoms with Crippen molar-refractivity contribution in [3.63, 3.8) is 0 Å². The van der Waals surface area contributed by atoms with E-state index in [9.17, 15) is 32.7 Å². The molecule has 1 saturated carbocycles. The number of carboxylic acids is 1.